The topological polar surface area (TPSA) is 84.7 Å². The number of benzene rings is 2. The zero-order chi connectivity index (χ0) is 19.8. The molecule has 7 heteroatoms. The monoisotopic (exact) mass is 384 g/mol. The third-order valence-corrected chi connectivity index (χ3v) is 5.30. The Morgan fingerprint density at radius 1 is 1.14 bits per heavy atom. The van der Waals surface area contributed by atoms with E-state index in [1.54, 1.807) is 10.9 Å². The predicted molar refractivity (Wildman–Crippen MR) is 110 cm³/mol. The van der Waals surface area contributed by atoms with Crippen LogP contribution in [0.1, 0.15) is 32.9 Å². The molecule has 2 aromatic carbocycles. The fourth-order valence-corrected chi connectivity index (χ4v) is 3.70. The Labute approximate surface area is 167 Å². The van der Waals surface area contributed by atoms with Crippen LogP contribution in [0.3, 0.4) is 0 Å². The summed E-state index contributed by atoms with van der Waals surface area (Å²) in [5, 5.41) is 15.6. The molecule has 5 rings (SSSR count). The van der Waals surface area contributed by atoms with Crippen LogP contribution in [0.25, 0.3) is 16.6 Å². The summed E-state index contributed by atoms with van der Waals surface area (Å²) in [5.41, 5.74) is 6.49. The number of nitrogens with zero attached hydrogens (tertiary/aromatic N) is 4. The average molecular weight is 384 g/mol. The second-order valence-corrected chi connectivity index (χ2v) is 7.20. The zero-order valence-corrected chi connectivity index (χ0v) is 16.0. The lowest BCUT2D eigenvalue weighted by Crippen LogP contribution is -2.24. The van der Waals surface area contributed by atoms with Gasteiger partial charge in [-0.25, -0.2) is 4.68 Å². The molecule has 0 aliphatic carbocycles. The molecule has 4 aromatic rings. The molecule has 29 heavy (non-hydrogen) atoms. The van der Waals surface area contributed by atoms with E-state index in [-0.39, 0.29) is 5.91 Å². The van der Waals surface area contributed by atoms with Gasteiger partial charge >= 0.3 is 0 Å². The van der Waals surface area contributed by atoms with E-state index in [0.717, 1.165) is 35.2 Å². The molecule has 0 spiro atoms. The maximum absolute atomic E-state index is 12.7. The van der Waals surface area contributed by atoms with Gasteiger partial charge in [-0.15, -0.1) is 5.10 Å². The molecular formula is C22H20N6O. The zero-order valence-electron chi connectivity index (χ0n) is 16.0. The highest BCUT2D eigenvalue weighted by Crippen LogP contribution is 2.19. The van der Waals surface area contributed by atoms with E-state index in [1.165, 1.54) is 11.1 Å². The van der Waals surface area contributed by atoms with Crippen molar-refractivity contribution in [2.45, 2.75) is 26.6 Å². The first-order chi connectivity index (χ1) is 14.2. The highest BCUT2D eigenvalue weighted by Gasteiger charge is 2.18. The van der Waals surface area contributed by atoms with Gasteiger partial charge in [0.25, 0.3) is 5.91 Å². The van der Waals surface area contributed by atoms with Gasteiger partial charge in [0, 0.05) is 31.2 Å². The van der Waals surface area contributed by atoms with Gasteiger partial charge in [-0.3, -0.25) is 9.78 Å². The van der Waals surface area contributed by atoms with E-state index >= 15 is 0 Å². The van der Waals surface area contributed by atoms with Crippen LogP contribution in [0.2, 0.25) is 0 Å². The number of rotatable bonds is 4. The summed E-state index contributed by atoms with van der Waals surface area (Å²) in [6.45, 7) is 4.10. The van der Waals surface area contributed by atoms with Crippen LogP contribution in [0, 0.1) is 6.92 Å². The summed E-state index contributed by atoms with van der Waals surface area (Å²) in [6, 6.07) is 16.1. The number of hydrogen-bond donors (Lipinski definition) is 2. The quantitative estimate of drug-likeness (QED) is 0.565. The van der Waals surface area contributed by atoms with Crippen molar-refractivity contribution in [3.63, 3.8) is 0 Å². The lowest BCUT2D eigenvalue weighted by Gasteiger charge is -2.07. The summed E-state index contributed by atoms with van der Waals surface area (Å²) in [5.74, 6) is -0.227. The van der Waals surface area contributed by atoms with Gasteiger partial charge in [0.15, 0.2) is 5.69 Å². The van der Waals surface area contributed by atoms with Crippen molar-refractivity contribution in [1.29, 1.82) is 0 Å². The summed E-state index contributed by atoms with van der Waals surface area (Å²) >= 11 is 0. The molecule has 0 radical (unpaired) electrons. The van der Waals surface area contributed by atoms with E-state index in [2.05, 4.69) is 44.1 Å². The molecule has 2 aromatic heterocycles. The molecule has 0 bridgehead atoms. The van der Waals surface area contributed by atoms with Gasteiger partial charge in [0.1, 0.15) is 0 Å². The van der Waals surface area contributed by atoms with Gasteiger partial charge in [0.2, 0.25) is 0 Å². The molecule has 0 atom stereocenters. The maximum Gasteiger partial charge on any atom is 0.274 e. The van der Waals surface area contributed by atoms with Crippen molar-refractivity contribution in [2.75, 3.05) is 0 Å². The minimum Gasteiger partial charge on any atom is -0.347 e. The van der Waals surface area contributed by atoms with Crippen LogP contribution in [0.4, 0.5) is 0 Å². The van der Waals surface area contributed by atoms with Crippen molar-refractivity contribution in [3.8, 4) is 5.69 Å². The smallest absolute Gasteiger partial charge is 0.274 e. The number of pyridine rings is 1. The van der Waals surface area contributed by atoms with E-state index in [4.69, 9.17) is 0 Å². The maximum atomic E-state index is 12.7. The molecule has 1 aliphatic heterocycles. The standard InChI is InChI=1S/C22H20N6O/c1-14-21(22(29)25-11-15-4-5-17-12-23-13-18(17)9-15)26-27-28(14)19-6-7-20-16(10-19)3-2-8-24-20/h2-10,23H,11-13H2,1H3,(H,25,29). The Kier molecular flexibility index (Phi) is 4.29. The lowest BCUT2D eigenvalue weighted by atomic mass is 10.1. The van der Waals surface area contributed by atoms with Crippen LogP contribution in [0.5, 0.6) is 0 Å². The van der Waals surface area contributed by atoms with Crippen LogP contribution >= 0.6 is 0 Å². The SMILES string of the molecule is Cc1c(C(=O)NCc2ccc3c(c2)CNC3)nnn1-c1ccc2ncccc2c1. The van der Waals surface area contributed by atoms with Crippen LogP contribution in [0.15, 0.2) is 54.7 Å². The van der Waals surface area contributed by atoms with Gasteiger partial charge in [-0.1, -0.05) is 29.5 Å². The largest absolute Gasteiger partial charge is 0.347 e. The van der Waals surface area contributed by atoms with E-state index < -0.39 is 0 Å². The molecule has 2 N–H and O–H groups in total. The fourth-order valence-electron chi connectivity index (χ4n) is 3.70. The first kappa shape index (κ1) is 17.5. The van der Waals surface area contributed by atoms with Crippen molar-refractivity contribution in [1.82, 2.24) is 30.6 Å². The molecule has 3 heterocycles. The molecule has 1 amide bonds. The number of hydrogen-bond acceptors (Lipinski definition) is 5. The Hall–Kier alpha value is -3.58. The molecule has 0 saturated carbocycles. The summed E-state index contributed by atoms with van der Waals surface area (Å²) in [4.78, 5) is 17.0. The second-order valence-electron chi connectivity index (χ2n) is 7.20. The number of aromatic nitrogens is 4. The molecule has 7 nitrogen and oxygen atoms in total. The highest BCUT2D eigenvalue weighted by molar-refractivity contribution is 5.93. The van der Waals surface area contributed by atoms with Crippen LogP contribution in [-0.2, 0) is 19.6 Å². The minimum absolute atomic E-state index is 0.227. The normalized spacial score (nSPS) is 12.9. The molecule has 0 unspecified atom stereocenters. The summed E-state index contributed by atoms with van der Waals surface area (Å²) in [7, 11) is 0. The van der Waals surface area contributed by atoms with Crippen molar-refractivity contribution >= 4 is 16.8 Å². The van der Waals surface area contributed by atoms with Crippen molar-refractivity contribution in [3.05, 3.63) is 82.8 Å². The number of carbonyl (C=O) groups is 1. The highest BCUT2D eigenvalue weighted by atomic mass is 16.2. The van der Waals surface area contributed by atoms with Crippen LogP contribution < -0.4 is 10.6 Å². The Morgan fingerprint density at radius 3 is 2.97 bits per heavy atom. The van der Waals surface area contributed by atoms with Gasteiger partial charge in [-0.05, 0) is 47.9 Å². The van der Waals surface area contributed by atoms with Crippen molar-refractivity contribution < 1.29 is 4.79 Å². The fraction of sp³-hybridized carbons (Fsp3) is 0.182. The molecule has 144 valence electrons. The Bertz CT molecular complexity index is 1230. The number of carbonyl (C=O) groups excluding carboxylic acids is 1. The van der Waals surface area contributed by atoms with Crippen LogP contribution in [-0.4, -0.2) is 25.9 Å². The van der Waals surface area contributed by atoms with Crippen molar-refractivity contribution in [2.24, 2.45) is 0 Å². The van der Waals surface area contributed by atoms with Gasteiger partial charge < -0.3 is 10.6 Å². The minimum atomic E-state index is -0.227. The Balaban J connectivity index is 1.35. The Morgan fingerprint density at radius 2 is 2.03 bits per heavy atom. The second kappa shape index (κ2) is 7.10. The van der Waals surface area contributed by atoms with Gasteiger partial charge in [0.05, 0.1) is 16.9 Å². The van der Waals surface area contributed by atoms with E-state index in [9.17, 15) is 4.79 Å². The first-order valence-corrected chi connectivity index (χ1v) is 9.56. The number of nitrogens with one attached hydrogen (secondary N) is 2. The summed E-state index contributed by atoms with van der Waals surface area (Å²) < 4.78 is 1.68. The van der Waals surface area contributed by atoms with Gasteiger partial charge in [-0.2, -0.15) is 0 Å². The summed E-state index contributed by atoms with van der Waals surface area (Å²) in [6.07, 6.45) is 1.77. The molecular weight excluding hydrogens is 364 g/mol. The number of fused-ring (bicyclic) bond motifs is 2. The third-order valence-electron chi connectivity index (χ3n) is 5.30. The molecule has 1 aliphatic rings. The predicted octanol–water partition coefficient (Wildman–Crippen LogP) is 2.66. The third kappa shape index (κ3) is 3.25. The first-order valence-electron chi connectivity index (χ1n) is 9.56. The average Bonchev–Trinajstić information content (AvgIpc) is 3.37. The molecule has 0 saturated heterocycles. The lowest BCUT2D eigenvalue weighted by molar-refractivity contribution is 0.0945. The van der Waals surface area contributed by atoms with E-state index in [1.807, 2.05) is 37.3 Å². The number of amides is 1. The molecule has 0 fully saturated rings. The van der Waals surface area contributed by atoms with E-state index in [0.29, 0.717) is 17.9 Å².